The lowest BCUT2D eigenvalue weighted by Crippen LogP contribution is -2.03. The molecule has 0 aliphatic heterocycles. The van der Waals surface area contributed by atoms with E-state index in [1.807, 2.05) is 12.1 Å². The molecule has 0 spiro atoms. The average Bonchev–Trinajstić information content (AvgIpc) is 2.46. The van der Waals surface area contributed by atoms with Gasteiger partial charge in [0.1, 0.15) is 12.4 Å². The van der Waals surface area contributed by atoms with E-state index in [-0.39, 0.29) is 12.3 Å². The molecule has 0 bridgehead atoms. The minimum Gasteiger partial charge on any atom is -0.487 e. The zero-order valence-corrected chi connectivity index (χ0v) is 11.3. The molecule has 0 unspecified atom stereocenters. The van der Waals surface area contributed by atoms with Crippen LogP contribution in [0.3, 0.4) is 0 Å². The second-order valence-corrected chi connectivity index (χ2v) is 4.55. The topological polar surface area (TPSA) is 78.4 Å². The van der Waals surface area contributed by atoms with E-state index in [9.17, 15) is 10.1 Å². The third-order valence-corrected chi connectivity index (χ3v) is 3.10. The molecule has 0 aliphatic carbocycles. The van der Waals surface area contributed by atoms with Gasteiger partial charge in [-0.2, -0.15) is 0 Å². The van der Waals surface area contributed by atoms with Crippen LogP contribution in [-0.2, 0) is 13.2 Å². The SMILES string of the molecule is NCc1cccc(Cl)c1OCc1ccc([N+](=O)[O-])cc1. The van der Waals surface area contributed by atoms with Crippen molar-refractivity contribution < 1.29 is 9.66 Å². The average molecular weight is 293 g/mol. The second-order valence-electron chi connectivity index (χ2n) is 4.14. The lowest BCUT2D eigenvalue weighted by atomic mass is 10.2. The third kappa shape index (κ3) is 3.26. The molecule has 104 valence electrons. The molecule has 0 saturated heterocycles. The number of hydrogen-bond acceptors (Lipinski definition) is 4. The number of ether oxygens (including phenoxy) is 1. The molecule has 5 nitrogen and oxygen atoms in total. The Morgan fingerprint density at radius 2 is 1.90 bits per heavy atom. The molecule has 2 rings (SSSR count). The predicted octanol–water partition coefficient (Wildman–Crippen LogP) is 3.29. The van der Waals surface area contributed by atoms with Crippen molar-refractivity contribution in [2.24, 2.45) is 5.73 Å². The van der Waals surface area contributed by atoms with Crippen molar-refractivity contribution >= 4 is 17.3 Å². The monoisotopic (exact) mass is 292 g/mol. The second kappa shape index (κ2) is 6.36. The van der Waals surface area contributed by atoms with Crippen molar-refractivity contribution in [1.29, 1.82) is 0 Å². The van der Waals surface area contributed by atoms with Gasteiger partial charge in [-0.25, -0.2) is 0 Å². The number of nitrogens with two attached hydrogens (primary N) is 1. The van der Waals surface area contributed by atoms with Crippen LogP contribution in [0.15, 0.2) is 42.5 Å². The lowest BCUT2D eigenvalue weighted by molar-refractivity contribution is -0.384. The van der Waals surface area contributed by atoms with Crippen LogP contribution in [0.2, 0.25) is 5.02 Å². The summed E-state index contributed by atoms with van der Waals surface area (Å²) in [4.78, 5) is 10.1. The number of halogens is 1. The molecule has 0 saturated carbocycles. The molecule has 0 heterocycles. The first-order chi connectivity index (χ1) is 9.61. The fourth-order valence-electron chi connectivity index (χ4n) is 1.75. The maximum Gasteiger partial charge on any atom is 0.269 e. The minimum atomic E-state index is -0.439. The Kier molecular flexibility index (Phi) is 4.55. The van der Waals surface area contributed by atoms with E-state index in [2.05, 4.69) is 0 Å². The van der Waals surface area contributed by atoms with Gasteiger partial charge < -0.3 is 10.5 Å². The van der Waals surface area contributed by atoms with Gasteiger partial charge in [-0.15, -0.1) is 0 Å². The van der Waals surface area contributed by atoms with Crippen molar-refractivity contribution in [3.63, 3.8) is 0 Å². The zero-order valence-electron chi connectivity index (χ0n) is 10.6. The quantitative estimate of drug-likeness (QED) is 0.677. The third-order valence-electron chi connectivity index (χ3n) is 2.80. The number of hydrogen-bond donors (Lipinski definition) is 1. The summed E-state index contributed by atoms with van der Waals surface area (Å²) in [6, 6.07) is 11.6. The Morgan fingerprint density at radius 1 is 1.20 bits per heavy atom. The number of nitrogens with zero attached hydrogens (tertiary/aromatic N) is 1. The number of non-ortho nitro benzene ring substituents is 1. The summed E-state index contributed by atoms with van der Waals surface area (Å²) in [7, 11) is 0. The highest BCUT2D eigenvalue weighted by Gasteiger charge is 2.08. The Labute approximate surface area is 121 Å². The number of benzene rings is 2. The molecular formula is C14H13ClN2O3. The van der Waals surface area contributed by atoms with Gasteiger partial charge in [-0.05, 0) is 23.8 Å². The molecule has 0 radical (unpaired) electrons. The smallest absolute Gasteiger partial charge is 0.269 e. The fourth-order valence-corrected chi connectivity index (χ4v) is 1.99. The van der Waals surface area contributed by atoms with E-state index in [1.54, 1.807) is 18.2 Å². The summed E-state index contributed by atoms with van der Waals surface area (Å²) >= 11 is 6.07. The van der Waals surface area contributed by atoms with Gasteiger partial charge in [0.15, 0.2) is 0 Å². The summed E-state index contributed by atoms with van der Waals surface area (Å²) in [5.74, 6) is 0.551. The zero-order chi connectivity index (χ0) is 14.5. The van der Waals surface area contributed by atoms with E-state index in [4.69, 9.17) is 22.1 Å². The highest BCUT2D eigenvalue weighted by molar-refractivity contribution is 6.32. The summed E-state index contributed by atoms with van der Waals surface area (Å²) < 4.78 is 5.66. The van der Waals surface area contributed by atoms with Gasteiger partial charge in [0, 0.05) is 24.2 Å². The van der Waals surface area contributed by atoms with Gasteiger partial charge in [0.2, 0.25) is 0 Å². The van der Waals surface area contributed by atoms with Crippen LogP contribution in [0.25, 0.3) is 0 Å². The van der Waals surface area contributed by atoms with E-state index in [0.29, 0.717) is 17.3 Å². The number of nitro groups is 1. The molecule has 0 fully saturated rings. The van der Waals surface area contributed by atoms with Crippen molar-refractivity contribution in [3.8, 4) is 5.75 Å². The van der Waals surface area contributed by atoms with Crippen LogP contribution in [0, 0.1) is 10.1 Å². The highest BCUT2D eigenvalue weighted by Crippen LogP contribution is 2.29. The first kappa shape index (κ1) is 14.3. The first-order valence-electron chi connectivity index (χ1n) is 5.95. The van der Waals surface area contributed by atoms with Crippen LogP contribution in [0.5, 0.6) is 5.75 Å². The maximum atomic E-state index is 10.6. The molecule has 20 heavy (non-hydrogen) atoms. The predicted molar refractivity (Wildman–Crippen MR) is 76.8 cm³/mol. The Bertz CT molecular complexity index is 614. The van der Waals surface area contributed by atoms with E-state index >= 15 is 0 Å². The van der Waals surface area contributed by atoms with Crippen LogP contribution in [0.4, 0.5) is 5.69 Å². The van der Waals surface area contributed by atoms with Crippen molar-refractivity contribution in [2.75, 3.05) is 0 Å². The molecule has 0 aromatic heterocycles. The van der Waals surface area contributed by atoms with Gasteiger partial charge in [-0.3, -0.25) is 10.1 Å². The summed E-state index contributed by atoms with van der Waals surface area (Å²) in [5, 5.41) is 11.1. The fraction of sp³-hybridized carbons (Fsp3) is 0.143. The summed E-state index contributed by atoms with van der Waals surface area (Å²) in [5.41, 5.74) is 7.32. The summed E-state index contributed by atoms with van der Waals surface area (Å²) in [6.45, 7) is 0.602. The largest absolute Gasteiger partial charge is 0.487 e. The van der Waals surface area contributed by atoms with Gasteiger partial charge >= 0.3 is 0 Å². The van der Waals surface area contributed by atoms with Crippen LogP contribution in [-0.4, -0.2) is 4.92 Å². The van der Waals surface area contributed by atoms with Gasteiger partial charge in [0.25, 0.3) is 5.69 Å². The molecule has 2 aromatic rings. The first-order valence-corrected chi connectivity index (χ1v) is 6.33. The minimum absolute atomic E-state index is 0.0501. The van der Waals surface area contributed by atoms with E-state index < -0.39 is 4.92 Å². The molecule has 2 N–H and O–H groups in total. The van der Waals surface area contributed by atoms with Crippen molar-refractivity contribution in [2.45, 2.75) is 13.2 Å². The Balaban J connectivity index is 2.11. The van der Waals surface area contributed by atoms with E-state index in [1.165, 1.54) is 12.1 Å². The van der Waals surface area contributed by atoms with Crippen molar-refractivity contribution in [1.82, 2.24) is 0 Å². The van der Waals surface area contributed by atoms with E-state index in [0.717, 1.165) is 11.1 Å². The molecule has 6 heteroatoms. The Hall–Kier alpha value is -2.11. The van der Waals surface area contributed by atoms with Gasteiger partial charge in [-0.1, -0.05) is 23.7 Å². The molecule has 0 aliphatic rings. The molecule has 0 amide bonds. The highest BCUT2D eigenvalue weighted by atomic mass is 35.5. The molecule has 0 atom stereocenters. The number of rotatable bonds is 5. The van der Waals surface area contributed by atoms with Crippen LogP contribution >= 0.6 is 11.6 Å². The molecule has 2 aromatic carbocycles. The Morgan fingerprint density at radius 3 is 2.50 bits per heavy atom. The number of nitro benzene ring substituents is 1. The standard InChI is InChI=1S/C14H13ClN2O3/c15-13-3-1-2-11(8-16)14(13)20-9-10-4-6-12(7-5-10)17(18)19/h1-7H,8-9,16H2. The van der Waals surface area contributed by atoms with Crippen LogP contribution in [0.1, 0.15) is 11.1 Å². The van der Waals surface area contributed by atoms with Crippen molar-refractivity contribution in [3.05, 3.63) is 68.7 Å². The maximum absolute atomic E-state index is 10.6. The number of para-hydroxylation sites is 1. The normalized spacial score (nSPS) is 10.3. The van der Waals surface area contributed by atoms with Gasteiger partial charge in [0.05, 0.1) is 9.95 Å². The van der Waals surface area contributed by atoms with Crippen LogP contribution < -0.4 is 10.5 Å². The molecular weight excluding hydrogens is 280 g/mol. The lowest BCUT2D eigenvalue weighted by Gasteiger charge is -2.12. The summed E-state index contributed by atoms with van der Waals surface area (Å²) in [6.07, 6.45) is 0.